The number of Topliss-reactive ketones (excluding diaryl/α,β-unsaturated/α-hetero) is 1. The number of non-ortho nitro benzene ring substituents is 1. The minimum atomic E-state index is -0.887. The molecule has 3 aromatic rings. The molecule has 0 fully saturated rings. The van der Waals surface area contributed by atoms with Gasteiger partial charge in [0, 0.05) is 25.2 Å². The number of rotatable bonds is 12. The van der Waals surface area contributed by atoms with Gasteiger partial charge in [0.2, 0.25) is 0 Å². The van der Waals surface area contributed by atoms with Gasteiger partial charge in [0.25, 0.3) is 5.69 Å². The second kappa shape index (κ2) is 14.2. The van der Waals surface area contributed by atoms with Crippen molar-refractivity contribution in [2.75, 3.05) is 26.2 Å². The molecule has 10 heteroatoms. The van der Waals surface area contributed by atoms with E-state index in [2.05, 4.69) is 0 Å². The van der Waals surface area contributed by atoms with Gasteiger partial charge in [-0.15, -0.1) is 0 Å². The molecule has 0 unspecified atom stereocenters. The van der Waals surface area contributed by atoms with Crippen LogP contribution < -0.4 is 0 Å². The van der Waals surface area contributed by atoms with Crippen LogP contribution in [-0.2, 0) is 29.0 Å². The van der Waals surface area contributed by atoms with Gasteiger partial charge >= 0.3 is 12.1 Å². The molecule has 3 rings (SSSR count). The minimum absolute atomic E-state index is 0.0550. The van der Waals surface area contributed by atoms with Crippen LogP contribution in [0.4, 0.5) is 15.3 Å². The van der Waals surface area contributed by atoms with Crippen molar-refractivity contribution < 1.29 is 29.2 Å². The second-order valence-corrected chi connectivity index (χ2v) is 8.50. The third-order valence-electron chi connectivity index (χ3n) is 5.75. The topological polar surface area (TPSA) is 130 Å². The molecular formula is C28H29N3O7. The normalized spacial score (nSPS) is 10.4. The Labute approximate surface area is 220 Å². The number of aliphatic hydroxyl groups is 1. The number of hydrogen-bond acceptors (Lipinski definition) is 7. The number of imide groups is 1. The molecule has 0 atom stereocenters. The Hall–Kier alpha value is -4.57. The Morgan fingerprint density at radius 2 is 1.34 bits per heavy atom. The smallest absolute Gasteiger partial charge is 0.418 e. The van der Waals surface area contributed by atoms with Gasteiger partial charge in [0.05, 0.1) is 11.5 Å². The summed E-state index contributed by atoms with van der Waals surface area (Å²) < 4.78 is 5.41. The summed E-state index contributed by atoms with van der Waals surface area (Å²) in [5.74, 6) is -0.570. The fraction of sp³-hybridized carbons (Fsp3) is 0.250. The van der Waals surface area contributed by atoms with E-state index < -0.39 is 29.4 Å². The average Bonchev–Trinajstić information content (AvgIpc) is 2.95. The highest BCUT2D eigenvalue weighted by Gasteiger charge is 2.29. The van der Waals surface area contributed by atoms with E-state index in [1.807, 2.05) is 36.4 Å². The van der Waals surface area contributed by atoms with Crippen LogP contribution in [0.5, 0.6) is 0 Å². The highest BCUT2D eigenvalue weighted by molar-refractivity contribution is 5.93. The maximum absolute atomic E-state index is 13.6. The molecule has 0 aliphatic rings. The minimum Gasteiger partial charge on any atom is -0.444 e. The number of carbonyl (C=O) groups excluding carboxylic acids is 3. The lowest BCUT2D eigenvalue weighted by atomic mass is 10.1. The van der Waals surface area contributed by atoms with Crippen LogP contribution in [0.15, 0.2) is 84.9 Å². The predicted molar refractivity (Wildman–Crippen MR) is 139 cm³/mol. The number of urea groups is 1. The van der Waals surface area contributed by atoms with Gasteiger partial charge in [-0.2, -0.15) is 0 Å². The van der Waals surface area contributed by atoms with Crippen LogP contribution in [-0.4, -0.2) is 64.0 Å². The quantitative estimate of drug-likeness (QED) is 0.283. The number of amides is 3. The Bertz CT molecular complexity index is 1220. The van der Waals surface area contributed by atoms with E-state index in [1.165, 1.54) is 17.0 Å². The van der Waals surface area contributed by atoms with Crippen molar-refractivity contribution in [3.8, 4) is 0 Å². The van der Waals surface area contributed by atoms with Crippen LogP contribution in [0.3, 0.4) is 0 Å². The van der Waals surface area contributed by atoms with Crippen molar-refractivity contribution in [3.63, 3.8) is 0 Å². The molecule has 1 N–H and O–H groups in total. The molecule has 0 heterocycles. The highest BCUT2D eigenvalue weighted by Crippen LogP contribution is 2.14. The van der Waals surface area contributed by atoms with E-state index in [4.69, 9.17) is 4.74 Å². The van der Waals surface area contributed by atoms with E-state index in [9.17, 15) is 29.6 Å². The van der Waals surface area contributed by atoms with E-state index >= 15 is 0 Å². The number of ether oxygens (including phenoxy) is 1. The van der Waals surface area contributed by atoms with Crippen LogP contribution >= 0.6 is 0 Å². The third-order valence-corrected chi connectivity index (χ3v) is 5.75. The third kappa shape index (κ3) is 8.52. The second-order valence-electron chi connectivity index (χ2n) is 8.50. The predicted octanol–water partition coefficient (Wildman–Crippen LogP) is 4.00. The standard InChI is InChI=1S/C28H29N3O7/c32-20-26(33)19-29(17-15-22-7-3-1-4-8-22)27(34)30(28(35)38-21-24-9-5-2-6-10-24)18-16-23-11-13-25(14-12-23)31(36)37/h1-14,32H,15-21H2. The fourth-order valence-corrected chi connectivity index (χ4v) is 3.67. The highest BCUT2D eigenvalue weighted by atomic mass is 16.6. The number of nitro benzene ring substituents is 1. The van der Waals surface area contributed by atoms with E-state index in [0.717, 1.165) is 16.0 Å². The number of nitro groups is 1. The van der Waals surface area contributed by atoms with Crippen LogP contribution in [0.1, 0.15) is 16.7 Å². The summed E-state index contributed by atoms with van der Waals surface area (Å²) in [6, 6.07) is 23.4. The van der Waals surface area contributed by atoms with Crippen molar-refractivity contribution in [3.05, 3.63) is 112 Å². The largest absolute Gasteiger partial charge is 0.444 e. The molecule has 0 aliphatic carbocycles. The average molecular weight is 520 g/mol. The molecule has 0 saturated carbocycles. The van der Waals surface area contributed by atoms with Crippen molar-refractivity contribution >= 4 is 23.6 Å². The van der Waals surface area contributed by atoms with Crippen LogP contribution in [0.2, 0.25) is 0 Å². The maximum atomic E-state index is 13.6. The van der Waals surface area contributed by atoms with E-state index in [-0.39, 0.29) is 38.3 Å². The molecule has 0 spiro atoms. The molecule has 0 saturated heterocycles. The van der Waals surface area contributed by atoms with Crippen LogP contribution in [0, 0.1) is 10.1 Å². The lowest BCUT2D eigenvalue weighted by Crippen LogP contribution is -2.49. The fourth-order valence-electron chi connectivity index (χ4n) is 3.67. The number of carbonyl (C=O) groups is 3. The summed E-state index contributed by atoms with van der Waals surface area (Å²) in [5, 5.41) is 20.2. The SMILES string of the molecule is O=C(CO)CN(CCc1ccccc1)C(=O)N(CCc1ccc([N+](=O)[O-])cc1)C(=O)OCc1ccccc1. The first-order valence-electron chi connectivity index (χ1n) is 12.0. The van der Waals surface area contributed by atoms with E-state index in [1.54, 1.807) is 36.4 Å². The first-order chi connectivity index (χ1) is 18.4. The van der Waals surface area contributed by atoms with Gasteiger partial charge in [-0.3, -0.25) is 14.9 Å². The monoisotopic (exact) mass is 519 g/mol. The first kappa shape index (κ1) is 28.0. The Morgan fingerprint density at radius 1 is 0.789 bits per heavy atom. The summed E-state index contributed by atoms with van der Waals surface area (Å²) >= 11 is 0. The summed E-state index contributed by atoms with van der Waals surface area (Å²) in [6.07, 6.45) is -0.243. The summed E-state index contributed by atoms with van der Waals surface area (Å²) in [7, 11) is 0. The van der Waals surface area contributed by atoms with Crippen molar-refractivity contribution in [1.29, 1.82) is 0 Å². The molecule has 0 radical (unpaired) electrons. The number of benzene rings is 3. The van der Waals surface area contributed by atoms with Crippen molar-refractivity contribution in [1.82, 2.24) is 9.80 Å². The molecule has 0 bridgehead atoms. The molecule has 3 aromatic carbocycles. The van der Waals surface area contributed by atoms with Crippen molar-refractivity contribution in [2.45, 2.75) is 19.4 Å². The number of hydrogen-bond donors (Lipinski definition) is 1. The summed E-state index contributed by atoms with van der Waals surface area (Å²) in [6.45, 7) is -1.12. The van der Waals surface area contributed by atoms with Gasteiger partial charge < -0.3 is 14.7 Å². The first-order valence-corrected chi connectivity index (χ1v) is 12.0. The van der Waals surface area contributed by atoms with Crippen LogP contribution in [0.25, 0.3) is 0 Å². The van der Waals surface area contributed by atoms with E-state index in [0.29, 0.717) is 12.0 Å². The molecule has 38 heavy (non-hydrogen) atoms. The molecule has 0 aromatic heterocycles. The van der Waals surface area contributed by atoms with Crippen molar-refractivity contribution in [2.24, 2.45) is 0 Å². The molecule has 198 valence electrons. The molecule has 3 amide bonds. The Morgan fingerprint density at radius 3 is 1.92 bits per heavy atom. The molecule has 0 aliphatic heterocycles. The molecular weight excluding hydrogens is 490 g/mol. The summed E-state index contributed by atoms with van der Waals surface area (Å²) in [4.78, 5) is 51.3. The Balaban J connectivity index is 1.78. The lowest BCUT2D eigenvalue weighted by molar-refractivity contribution is -0.384. The zero-order valence-electron chi connectivity index (χ0n) is 20.8. The number of aliphatic hydroxyl groups excluding tert-OH is 1. The van der Waals surface area contributed by atoms with Gasteiger partial charge in [0.1, 0.15) is 13.2 Å². The zero-order chi connectivity index (χ0) is 27.3. The number of ketones is 1. The van der Waals surface area contributed by atoms with Gasteiger partial charge in [-0.1, -0.05) is 72.8 Å². The summed E-state index contributed by atoms with van der Waals surface area (Å²) in [5.41, 5.74) is 2.27. The maximum Gasteiger partial charge on any atom is 0.418 e. The lowest BCUT2D eigenvalue weighted by Gasteiger charge is -2.29. The Kier molecular flexibility index (Phi) is 10.5. The molecule has 10 nitrogen and oxygen atoms in total. The van der Waals surface area contributed by atoms with Gasteiger partial charge in [-0.25, -0.2) is 14.5 Å². The van der Waals surface area contributed by atoms with Gasteiger partial charge in [0.15, 0.2) is 5.78 Å². The van der Waals surface area contributed by atoms with Gasteiger partial charge in [-0.05, 0) is 29.5 Å². The number of nitrogens with zero attached hydrogens (tertiary/aromatic N) is 3. The zero-order valence-corrected chi connectivity index (χ0v) is 20.8.